The number of imidazole rings is 1. The van der Waals surface area contributed by atoms with Gasteiger partial charge in [0.05, 0.1) is 0 Å². The van der Waals surface area contributed by atoms with E-state index in [1.54, 1.807) is 0 Å². The van der Waals surface area contributed by atoms with Gasteiger partial charge in [-0.15, -0.1) is 0 Å². The Bertz CT molecular complexity index is 356. The van der Waals surface area contributed by atoms with Crippen molar-refractivity contribution in [3.05, 3.63) is 18.2 Å². The van der Waals surface area contributed by atoms with Crippen molar-refractivity contribution in [3.8, 4) is 0 Å². The van der Waals surface area contributed by atoms with Gasteiger partial charge >= 0.3 is 0 Å². The number of aryl methyl sites for hydroxylation is 1. The highest BCUT2D eigenvalue weighted by atomic mass is 15.1. The third-order valence-electron chi connectivity index (χ3n) is 3.92. The molecule has 1 N–H and O–H groups in total. The van der Waals surface area contributed by atoms with Crippen molar-refractivity contribution in [2.45, 2.75) is 52.5 Å². The minimum atomic E-state index is 0.689. The summed E-state index contributed by atoms with van der Waals surface area (Å²) in [6.07, 6.45) is 9.10. The van der Waals surface area contributed by atoms with E-state index in [2.05, 4.69) is 41.8 Å². The van der Waals surface area contributed by atoms with E-state index in [4.69, 9.17) is 0 Å². The molecule has 0 bridgehead atoms. The van der Waals surface area contributed by atoms with Crippen LogP contribution in [-0.2, 0) is 6.42 Å². The van der Waals surface area contributed by atoms with Crippen molar-refractivity contribution >= 4 is 0 Å². The van der Waals surface area contributed by atoms with Gasteiger partial charge in [0.25, 0.3) is 0 Å². The van der Waals surface area contributed by atoms with Crippen molar-refractivity contribution in [2.24, 2.45) is 11.8 Å². The van der Waals surface area contributed by atoms with Crippen molar-refractivity contribution < 1.29 is 0 Å². The third-order valence-corrected chi connectivity index (χ3v) is 3.92. The maximum Gasteiger partial charge on any atom is 0.108 e. The largest absolute Gasteiger partial charge is 0.332 e. The van der Waals surface area contributed by atoms with Crippen molar-refractivity contribution in [2.75, 3.05) is 13.1 Å². The lowest BCUT2D eigenvalue weighted by molar-refractivity contribution is 0.172. The van der Waals surface area contributed by atoms with Crippen LogP contribution in [0.25, 0.3) is 0 Å². The van der Waals surface area contributed by atoms with Crippen LogP contribution in [0.3, 0.4) is 0 Å². The van der Waals surface area contributed by atoms with Gasteiger partial charge in [0.1, 0.15) is 5.82 Å². The van der Waals surface area contributed by atoms with Crippen LogP contribution >= 0.6 is 0 Å². The number of hydrogen-bond donors (Lipinski definition) is 1. The van der Waals surface area contributed by atoms with E-state index >= 15 is 0 Å². The first-order chi connectivity index (χ1) is 8.72. The van der Waals surface area contributed by atoms with Crippen LogP contribution < -0.4 is 5.32 Å². The molecule has 1 aromatic rings. The molecule has 1 aliphatic carbocycles. The highest BCUT2D eigenvalue weighted by Gasteiger charge is 2.32. The van der Waals surface area contributed by atoms with E-state index in [-0.39, 0.29) is 0 Å². The maximum atomic E-state index is 4.49. The fourth-order valence-corrected chi connectivity index (χ4v) is 2.78. The molecule has 0 aliphatic heterocycles. The average molecular weight is 249 g/mol. The summed E-state index contributed by atoms with van der Waals surface area (Å²) in [4.78, 5) is 4.49. The van der Waals surface area contributed by atoms with Gasteiger partial charge in [-0.3, -0.25) is 0 Å². The fourth-order valence-electron chi connectivity index (χ4n) is 2.78. The van der Waals surface area contributed by atoms with E-state index in [1.165, 1.54) is 25.1 Å². The first-order valence-electron chi connectivity index (χ1n) is 7.44. The van der Waals surface area contributed by atoms with Crippen molar-refractivity contribution in [3.63, 3.8) is 0 Å². The lowest BCUT2D eigenvalue weighted by Gasteiger charge is -2.38. The van der Waals surface area contributed by atoms with Crippen LogP contribution in [0.2, 0.25) is 0 Å². The van der Waals surface area contributed by atoms with Crippen LogP contribution in [0, 0.1) is 11.8 Å². The van der Waals surface area contributed by atoms with Crippen LogP contribution in [0.1, 0.15) is 51.9 Å². The predicted molar refractivity (Wildman–Crippen MR) is 75.7 cm³/mol. The molecule has 0 aromatic carbocycles. The van der Waals surface area contributed by atoms with Crippen LogP contribution in [0.4, 0.5) is 0 Å². The summed E-state index contributed by atoms with van der Waals surface area (Å²) in [5.41, 5.74) is 0. The Kier molecular flexibility index (Phi) is 4.81. The summed E-state index contributed by atoms with van der Waals surface area (Å²) in [6.45, 7) is 9.05. The Morgan fingerprint density at radius 3 is 2.89 bits per heavy atom. The molecule has 0 radical (unpaired) electrons. The van der Waals surface area contributed by atoms with E-state index in [0.29, 0.717) is 6.04 Å². The molecule has 0 amide bonds. The van der Waals surface area contributed by atoms with Crippen LogP contribution in [0.5, 0.6) is 0 Å². The normalized spacial score (nSPS) is 23.3. The van der Waals surface area contributed by atoms with E-state index < -0.39 is 0 Å². The second-order valence-electron chi connectivity index (χ2n) is 5.96. The molecule has 0 saturated heterocycles. The quantitative estimate of drug-likeness (QED) is 0.805. The lowest BCUT2D eigenvalue weighted by atomic mass is 9.79. The number of rotatable bonds is 7. The molecule has 1 aromatic heterocycles. The Balaban J connectivity index is 1.87. The van der Waals surface area contributed by atoms with E-state index in [0.717, 1.165) is 31.3 Å². The monoisotopic (exact) mass is 249 g/mol. The molecule has 102 valence electrons. The highest BCUT2D eigenvalue weighted by Crippen LogP contribution is 2.38. The molecule has 3 nitrogen and oxygen atoms in total. The predicted octanol–water partition coefficient (Wildman–Crippen LogP) is 3.03. The summed E-state index contributed by atoms with van der Waals surface area (Å²) in [5, 5.41) is 3.60. The second kappa shape index (κ2) is 6.37. The highest BCUT2D eigenvalue weighted by molar-refractivity contribution is 5.00. The van der Waals surface area contributed by atoms with Gasteiger partial charge in [0.2, 0.25) is 0 Å². The maximum absolute atomic E-state index is 4.49. The standard InChI is InChI=1S/C15H27N3/c1-4-5-15-17-8-9-18(15)14-7-6-13(14)11-16-10-12(2)3/h8-9,12-14,16H,4-7,10-11H2,1-3H3. The van der Waals surface area contributed by atoms with Gasteiger partial charge < -0.3 is 9.88 Å². The fraction of sp³-hybridized carbons (Fsp3) is 0.800. The Hall–Kier alpha value is -0.830. The molecular weight excluding hydrogens is 222 g/mol. The minimum absolute atomic E-state index is 0.689. The first-order valence-corrected chi connectivity index (χ1v) is 7.44. The zero-order chi connectivity index (χ0) is 13.0. The zero-order valence-corrected chi connectivity index (χ0v) is 12.0. The molecule has 1 aliphatic rings. The summed E-state index contributed by atoms with van der Waals surface area (Å²) < 4.78 is 2.43. The Labute approximate surface area is 111 Å². The summed E-state index contributed by atoms with van der Waals surface area (Å²) in [5.74, 6) is 2.82. The topological polar surface area (TPSA) is 29.9 Å². The molecule has 3 heteroatoms. The molecule has 1 saturated carbocycles. The second-order valence-corrected chi connectivity index (χ2v) is 5.96. The summed E-state index contributed by atoms with van der Waals surface area (Å²) >= 11 is 0. The molecule has 1 fully saturated rings. The number of aromatic nitrogens is 2. The summed E-state index contributed by atoms with van der Waals surface area (Å²) in [6, 6.07) is 0.689. The molecule has 18 heavy (non-hydrogen) atoms. The summed E-state index contributed by atoms with van der Waals surface area (Å²) in [7, 11) is 0. The van der Waals surface area contributed by atoms with Gasteiger partial charge in [-0.25, -0.2) is 4.98 Å². The van der Waals surface area contributed by atoms with Gasteiger partial charge in [-0.2, -0.15) is 0 Å². The van der Waals surface area contributed by atoms with E-state index in [1.807, 2.05) is 6.20 Å². The Morgan fingerprint density at radius 1 is 1.44 bits per heavy atom. The zero-order valence-electron chi connectivity index (χ0n) is 12.0. The number of nitrogens with one attached hydrogen (secondary N) is 1. The molecule has 2 atom stereocenters. The minimum Gasteiger partial charge on any atom is -0.332 e. The molecule has 2 rings (SSSR count). The lowest BCUT2D eigenvalue weighted by Crippen LogP contribution is -2.38. The smallest absolute Gasteiger partial charge is 0.108 e. The van der Waals surface area contributed by atoms with Crippen molar-refractivity contribution in [1.29, 1.82) is 0 Å². The Morgan fingerprint density at radius 2 is 2.28 bits per heavy atom. The van der Waals surface area contributed by atoms with E-state index in [9.17, 15) is 0 Å². The average Bonchev–Trinajstić information content (AvgIpc) is 2.71. The third kappa shape index (κ3) is 3.14. The van der Waals surface area contributed by atoms with Crippen molar-refractivity contribution in [1.82, 2.24) is 14.9 Å². The SMILES string of the molecule is CCCc1nccn1C1CCC1CNCC(C)C. The van der Waals surface area contributed by atoms with Gasteiger partial charge in [-0.05, 0) is 44.2 Å². The molecule has 0 spiro atoms. The molecule has 1 heterocycles. The number of hydrogen-bond acceptors (Lipinski definition) is 2. The van der Waals surface area contributed by atoms with Crippen LogP contribution in [-0.4, -0.2) is 22.6 Å². The van der Waals surface area contributed by atoms with Crippen LogP contribution in [0.15, 0.2) is 12.4 Å². The number of nitrogens with zero attached hydrogens (tertiary/aromatic N) is 2. The molecular formula is C15H27N3. The van der Waals surface area contributed by atoms with Gasteiger partial charge in [-0.1, -0.05) is 20.8 Å². The van der Waals surface area contributed by atoms with Gasteiger partial charge in [0.15, 0.2) is 0 Å². The molecule has 2 unspecified atom stereocenters. The van der Waals surface area contributed by atoms with Gasteiger partial charge in [0, 0.05) is 24.9 Å². The first kappa shape index (κ1) is 13.6.